The molecule has 2 unspecified atom stereocenters. The summed E-state index contributed by atoms with van der Waals surface area (Å²) in [6, 6.07) is 6.45. The number of amides is 1. The second-order valence-corrected chi connectivity index (χ2v) is 6.47. The van der Waals surface area contributed by atoms with Gasteiger partial charge in [-0.15, -0.1) is 12.4 Å². The van der Waals surface area contributed by atoms with E-state index in [9.17, 15) is 4.79 Å². The molecule has 1 aromatic carbocycles. The smallest absolute Gasteiger partial charge is 0.223 e. The van der Waals surface area contributed by atoms with Gasteiger partial charge in [0.1, 0.15) is 0 Å². The number of fused-ring (bicyclic) bond motifs is 1. The summed E-state index contributed by atoms with van der Waals surface area (Å²) >= 11 is 3.59. The van der Waals surface area contributed by atoms with Crippen molar-refractivity contribution in [1.29, 1.82) is 0 Å². The molecule has 3 rings (SSSR count). The summed E-state index contributed by atoms with van der Waals surface area (Å²) in [5.74, 6) is 0.810. The number of hydrogen-bond donors (Lipinski definition) is 2. The van der Waals surface area contributed by atoms with Gasteiger partial charge in [-0.25, -0.2) is 0 Å². The average molecular weight is 360 g/mol. The first-order chi connectivity index (χ1) is 9.16. The zero-order valence-electron chi connectivity index (χ0n) is 11.5. The van der Waals surface area contributed by atoms with Gasteiger partial charge in [-0.2, -0.15) is 0 Å². The molecule has 1 aliphatic heterocycles. The predicted molar refractivity (Wildman–Crippen MR) is 86.1 cm³/mol. The molecule has 1 heterocycles. The van der Waals surface area contributed by atoms with Crippen molar-refractivity contribution < 1.29 is 4.79 Å². The van der Waals surface area contributed by atoms with Crippen LogP contribution in [0.2, 0.25) is 0 Å². The van der Waals surface area contributed by atoms with Gasteiger partial charge < -0.3 is 10.6 Å². The van der Waals surface area contributed by atoms with E-state index in [1.165, 1.54) is 11.1 Å². The molecule has 0 radical (unpaired) electrons. The topological polar surface area (TPSA) is 41.1 Å². The lowest BCUT2D eigenvalue weighted by molar-refractivity contribution is -0.127. The van der Waals surface area contributed by atoms with Crippen molar-refractivity contribution >= 4 is 34.2 Å². The van der Waals surface area contributed by atoms with Crippen molar-refractivity contribution in [1.82, 2.24) is 10.6 Å². The molecule has 2 aliphatic rings. The third-order valence-corrected chi connectivity index (χ3v) is 5.21. The summed E-state index contributed by atoms with van der Waals surface area (Å²) in [5.41, 5.74) is 2.63. The highest BCUT2D eigenvalue weighted by molar-refractivity contribution is 9.10. The fourth-order valence-corrected chi connectivity index (χ4v) is 3.52. The summed E-state index contributed by atoms with van der Waals surface area (Å²) in [4.78, 5) is 12.3. The standard InChI is InChI=1S/C15H19BrN2O.ClH/c1-9(10-7-17-8-10)15(19)18-14-6-5-11-12(14)3-2-4-13(11)16;/h2-4,9-10,14,17H,5-8H2,1H3,(H,18,19);1H. The first kappa shape index (κ1) is 15.8. The van der Waals surface area contributed by atoms with Crippen LogP contribution in [0.4, 0.5) is 0 Å². The summed E-state index contributed by atoms with van der Waals surface area (Å²) in [6.45, 7) is 3.99. The second-order valence-electron chi connectivity index (χ2n) is 5.61. The van der Waals surface area contributed by atoms with Crippen molar-refractivity contribution in [2.75, 3.05) is 13.1 Å². The van der Waals surface area contributed by atoms with E-state index in [-0.39, 0.29) is 30.3 Å². The molecule has 1 amide bonds. The van der Waals surface area contributed by atoms with E-state index in [0.717, 1.165) is 30.4 Å². The largest absolute Gasteiger partial charge is 0.349 e. The van der Waals surface area contributed by atoms with E-state index in [2.05, 4.69) is 38.7 Å². The van der Waals surface area contributed by atoms with Gasteiger partial charge in [0.15, 0.2) is 0 Å². The number of hydrogen-bond acceptors (Lipinski definition) is 2. The highest BCUT2D eigenvalue weighted by atomic mass is 79.9. The second kappa shape index (κ2) is 6.46. The molecule has 3 nitrogen and oxygen atoms in total. The lowest BCUT2D eigenvalue weighted by Crippen LogP contribution is -2.49. The predicted octanol–water partition coefficient (Wildman–Crippen LogP) is 2.83. The molecule has 0 aromatic heterocycles. The molecular weight excluding hydrogens is 340 g/mol. The number of carbonyl (C=O) groups excluding carboxylic acids is 1. The van der Waals surface area contributed by atoms with Crippen LogP contribution in [-0.4, -0.2) is 19.0 Å². The maximum atomic E-state index is 12.3. The van der Waals surface area contributed by atoms with Crippen LogP contribution in [0.15, 0.2) is 22.7 Å². The van der Waals surface area contributed by atoms with Gasteiger partial charge in [-0.3, -0.25) is 4.79 Å². The first-order valence-electron chi connectivity index (χ1n) is 6.95. The third kappa shape index (κ3) is 2.87. The number of carbonyl (C=O) groups is 1. The molecule has 1 aliphatic carbocycles. The Morgan fingerprint density at radius 2 is 2.20 bits per heavy atom. The zero-order valence-corrected chi connectivity index (χ0v) is 13.9. The van der Waals surface area contributed by atoms with E-state index in [4.69, 9.17) is 0 Å². The minimum Gasteiger partial charge on any atom is -0.349 e. The van der Waals surface area contributed by atoms with E-state index in [0.29, 0.717) is 5.92 Å². The van der Waals surface area contributed by atoms with Crippen LogP contribution < -0.4 is 10.6 Å². The quantitative estimate of drug-likeness (QED) is 0.871. The van der Waals surface area contributed by atoms with Gasteiger partial charge >= 0.3 is 0 Å². The molecule has 2 N–H and O–H groups in total. The third-order valence-electron chi connectivity index (χ3n) is 4.46. The Morgan fingerprint density at radius 3 is 2.85 bits per heavy atom. The van der Waals surface area contributed by atoms with Gasteiger partial charge in [0.2, 0.25) is 5.91 Å². The van der Waals surface area contributed by atoms with Crippen LogP contribution >= 0.6 is 28.3 Å². The summed E-state index contributed by atoms with van der Waals surface area (Å²) < 4.78 is 1.16. The van der Waals surface area contributed by atoms with Crippen molar-refractivity contribution in [2.24, 2.45) is 11.8 Å². The maximum absolute atomic E-state index is 12.3. The Hall–Kier alpha value is -0.580. The molecule has 1 aromatic rings. The van der Waals surface area contributed by atoms with Crippen molar-refractivity contribution in [3.05, 3.63) is 33.8 Å². The number of rotatable bonds is 3. The number of benzene rings is 1. The van der Waals surface area contributed by atoms with Crippen molar-refractivity contribution in [3.63, 3.8) is 0 Å². The van der Waals surface area contributed by atoms with Gasteiger partial charge in [0, 0.05) is 10.4 Å². The zero-order chi connectivity index (χ0) is 13.4. The fourth-order valence-electron chi connectivity index (χ4n) is 2.94. The van der Waals surface area contributed by atoms with E-state index in [1.807, 2.05) is 13.0 Å². The van der Waals surface area contributed by atoms with Crippen LogP contribution in [0.5, 0.6) is 0 Å². The Balaban J connectivity index is 0.00000147. The number of nitrogens with one attached hydrogen (secondary N) is 2. The minimum atomic E-state index is 0. The molecule has 20 heavy (non-hydrogen) atoms. The van der Waals surface area contributed by atoms with Crippen LogP contribution in [0, 0.1) is 11.8 Å². The molecule has 0 spiro atoms. The Bertz CT molecular complexity index is 505. The molecule has 1 fully saturated rings. The molecule has 0 saturated carbocycles. The Morgan fingerprint density at radius 1 is 1.45 bits per heavy atom. The lowest BCUT2D eigenvalue weighted by atomic mass is 9.88. The van der Waals surface area contributed by atoms with Gasteiger partial charge in [0.25, 0.3) is 0 Å². The average Bonchev–Trinajstić information content (AvgIpc) is 2.72. The van der Waals surface area contributed by atoms with Gasteiger partial charge in [-0.1, -0.05) is 35.0 Å². The maximum Gasteiger partial charge on any atom is 0.223 e. The highest BCUT2D eigenvalue weighted by Gasteiger charge is 2.31. The van der Waals surface area contributed by atoms with Crippen molar-refractivity contribution in [3.8, 4) is 0 Å². The first-order valence-corrected chi connectivity index (χ1v) is 7.74. The van der Waals surface area contributed by atoms with Crippen LogP contribution in [0.25, 0.3) is 0 Å². The summed E-state index contributed by atoms with van der Waals surface area (Å²) in [6.07, 6.45) is 2.06. The summed E-state index contributed by atoms with van der Waals surface area (Å²) in [5, 5.41) is 6.45. The fraction of sp³-hybridized carbons (Fsp3) is 0.533. The van der Waals surface area contributed by atoms with Crippen molar-refractivity contribution in [2.45, 2.75) is 25.8 Å². The van der Waals surface area contributed by atoms with Crippen LogP contribution in [0.1, 0.15) is 30.5 Å². The summed E-state index contributed by atoms with van der Waals surface area (Å²) in [7, 11) is 0. The van der Waals surface area contributed by atoms with Gasteiger partial charge in [0.05, 0.1) is 6.04 Å². The molecule has 110 valence electrons. The Kier molecular flexibility index (Phi) is 5.10. The monoisotopic (exact) mass is 358 g/mol. The van der Waals surface area contributed by atoms with Crippen LogP contribution in [0.3, 0.4) is 0 Å². The molecule has 5 heteroatoms. The molecule has 0 bridgehead atoms. The van der Waals surface area contributed by atoms with Gasteiger partial charge in [-0.05, 0) is 49.0 Å². The molecule has 1 saturated heterocycles. The van der Waals surface area contributed by atoms with E-state index >= 15 is 0 Å². The minimum absolute atomic E-state index is 0. The Labute approximate surface area is 134 Å². The molecule has 2 atom stereocenters. The molecular formula is C15H20BrClN2O. The number of halogens is 2. The van der Waals surface area contributed by atoms with E-state index < -0.39 is 0 Å². The van der Waals surface area contributed by atoms with E-state index in [1.54, 1.807) is 0 Å². The lowest BCUT2D eigenvalue weighted by Gasteiger charge is -2.32. The highest BCUT2D eigenvalue weighted by Crippen LogP contribution is 2.35. The van der Waals surface area contributed by atoms with Crippen LogP contribution in [-0.2, 0) is 11.2 Å². The SMILES string of the molecule is CC(C(=O)NC1CCc2c(Br)cccc21)C1CNC1.Cl. The normalized spacial score (nSPS) is 22.4.